The number of nitrogens with zero attached hydrogens (tertiary/aromatic N) is 1. The van der Waals surface area contributed by atoms with E-state index in [2.05, 4.69) is 15.6 Å². The maximum absolute atomic E-state index is 12.8. The summed E-state index contributed by atoms with van der Waals surface area (Å²) in [5, 5.41) is 5.68. The number of fused-ring (bicyclic) bond motifs is 1. The topological polar surface area (TPSA) is 89.6 Å². The lowest BCUT2D eigenvalue weighted by Gasteiger charge is -2.31. The van der Waals surface area contributed by atoms with Crippen molar-refractivity contribution in [1.29, 1.82) is 0 Å². The number of amides is 2. The number of ether oxygens (including phenoxy) is 2. The molecular weight excluding hydrogens is 406 g/mol. The number of nitrogens with one attached hydrogen (secondary N) is 2. The Bertz CT molecular complexity index is 1160. The Morgan fingerprint density at radius 1 is 0.781 bits per heavy atom. The fraction of sp³-hybridized carbons (Fsp3) is 0.240. The van der Waals surface area contributed by atoms with Crippen molar-refractivity contribution in [3.63, 3.8) is 0 Å². The Morgan fingerprint density at radius 2 is 1.50 bits per heavy atom. The van der Waals surface area contributed by atoms with Crippen molar-refractivity contribution in [1.82, 2.24) is 4.98 Å². The lowest BCUT2D eigenvalue weighted by atomic mass is 9.94. The van der Waals surface area contributed by atoms with Crippen LogP contribution in [-0.4, -0.2) is 22.6 Å². The molecule has 1 aliphatic carbocycles. The van der Waals surface area contributed by atoms with Gasteiger partial charge in [-0.25, -0.2) is 0 Å². The highest BCUT2D eigenvalue weighted by atomic mass is 16.7. The molecule has 3 aromatic rings. The molecule has 0 atom stereocenters. The number of hydrogen-bond donors (Lipinski definition) is 2. The summed E-state index contributed by atoms with van der Waals surface area (Å²) in [7, 11) is 0. The smallest absolute Gasteiger partial charge is 0.257 e. The number of benzene rings is 2. The second kappa shape index (κ2) is 8.34. The molecule has 162 valence electrons. The highest BCUT2D eigenvalue weighted by Gasteiger charge is 2.42. The molecule has 2 heterocycles. The molecular formula is C25H23N3O4. The van der Waals surface area contributed by atoms with Gasteiger partial charge in [-0.05, 0) is 55.3 Å². The zero-order valence-electron chi connectivity index (χ0n) is 17.5. The molecule has 0 radical (unpaired) electrons. The number of anilines is 2. The molecule has 5 rings (SSSR count). The van der Waals surface area contributed by atoms with E-state index in [-0.39, 0.29) is 11.8 Å². The van der Waals surface area contributed by atoms with E-state index < -0.39 is 5.79 Å². The second-order valence-corrected chi connectivity index (χ2v) is 8.07. The summed E-state index contributed by atoms with van der Waals surface area (Å²) in [6, 6.07) is 15.6. The van der Waals surface area contributed by atoms with E-state index in [1.807, 2.05) is 6.07 Å². The second-order valence-electron chi connectivity index (χ2n) is 8.07. The molecule has 0 saturated heterocycles. The van der Waals surface area contributed by atoms with Crippen molar-refractivity contribution in [3.8, 4) is 11.5 Å². The summed E-state index contributed by atoms with van der Waals surface area (Å²) in [6.45, 7) is 0. The Hall–Kier alpha value is -3.87. The van der Waals surface area contributed by atoms with E-state index in [1.54, 1.807) is 54.7 Å². The van der Waals surface area contributed by atoms with Gasteiger partial charge in [0.15, 0.2) is 11.5 Å². The molecule has 2 amide bonds. The predicted octanol–water partition coefficient (Wildman–Crippen LogP) is 5.02. The van der Waals surface area contributed by atoms with Crippen molar-refractivity contribution < 1.29 is 19.1 Å². The Balaban J connectivity index is 1.27. The number of carbonyl (C=O) groups excluding carboxylic acids is 2. The van der Waals surface area contributed by atoms with Gasteiger partial charge in [-0.1, -0.05) is 12.5 Å². The summed E-state index contributed by atoms with van der Waals surface area (Å²) >= 11 is 0. The molecule has 1 saturated carbocycles. The van der Waals surface area contributed by atoms with Gasteiger partial charge >= 0.3 is 0 Å². The maximum atomic E-state index is 12.8. The van der Waals surface area contributed by atoms with Gasteiger partial charge in [0.1, 0.15) is 0 Å². The molecule has 1 aromatic heterocycles. The van der Waals surface area contributed by atoms with Gasteiger partial charge in [-0.2, -0.15) is 0 Å². The van der Waals surface area contributed by atoms with Crippen molar-refractivity contribution in [2.75, 3.05) is 10.6 Å². The largest absolute Gasteiger partial charge is 0.448 e. The molecule has 0 unspecified atom stereocenters. The number of rotatable bonds is 4. The van der Waals surface area contributed by atoms with Crippen LogP contribution in [0.4, 0.5) is 11.4 Å². The molecule has 2 aliphatic rings. The first kappa shape index (κ1) is 20.1. The van der Waals surface area contributed by atoms with Gasteiger partial charge < -0.3 is 20.1 Å². The van der Waals surface area contributed by atoms with Crippen molar-refractivity contribution in [2.24, 2.45) is 0 Å². The van der Waals surface area contributed by atoms with E-state index in [4.69, 9.17) is 9.47 Å². The minimum Gasteiger partial charge on any atom is -0.448 e. The van der Waals surface area contributed by atoms with E-state index in [9.17, 15) is 9.59 Å². The average Bonchev–Trinajstić information content (AvgIpc) is 3.16. The van der Waals surface area contributed by atoms with Crippen LogP contribution in [0.3, 0.4) is 0 Å². The standard InChI is InChI=1S/C25H23N3O4/c29-23(17-6-4-8-19(14-17)27-24(30)18-7-5-13-26-16-18)28-20-9-10-21-22(15-20)32-25(31-21)11-2-1-3-12-25/h4-10,13-16H,1-3,11-12H2,(H,27,30)(H,28,29). The predicted molar refractivity (Wildman–Crippen MR) is 120 cm³/mol. The Labute approximate surface area is 185 Å². The highest BCUT2D eigenvalue weighted by Crippen LogP contribution is 2.46. The summed E-state index contributed by atoms with van der Waals surface area (Å²) < 4.78 is 12.2. The van der Waals surface area contributed by atoms with Gasteiger partial charge in [-0.3, -0.25) is 14.6 Å². The Morgan fingerprint density at radius 3 is 2.28 bits per heavy atom. The first-order valence-corrected chi connectivity index (χ1v) is 10.8. The van der Waals surface area contributed by atoms with Gasteiger partial charge in [-0.15, -0.1) is 0 Å². The quantitative estimate of drug-likeness (QED) is 0.608. The third kappa shape index (κ3) is 4.14. The lowest BCUT2D eigenvalue weighted by molar-refractivity contribution is -0.105. The van der Waals surface area contributed by atoms with Gasteiger partial charge in [0.05, 0.1) is 5.56 Å². The molecule has 1 spiro atoms. The van der Waals surface area contributed by atoms with Crippen molar-refractivity contribution in [2.45, 2.75) is 37.9 Å². The highest BCUT2D eigenvalue weighted by molar-refractivity contribution is 6.07. The number of carbonyl (C=O) groups is 2. The Kier molecular flexibility index (Phi) is 5.23. The van der Waals surface area contributed by atoms with E-state index in [0.717, 1.165) is 25.7 Å². The summed E-state index contributed by atoms with van der Waals surface area (Å²) in [6.07, 6.45) is 8.22. The van der Waals surface area contributed by atoms with Crippen LogP contribution in [-0.2, 0) is 0 Å². The van der Waals surface area contributed by atoms with Crippen LogP contribution < -0.4 is 20.1 Å². The molecule has 32 heavy (non-hydrogen) atoms. The van der Waals surface area contributed by atoms with Crippen LogP contribution in [0.2, 0.25) is 0 Å². The molecule has 1 aliphatic heterocycles. The first-order chi connectivity index (χ1) is 15.6. The van der Waals surface area contributed by atoms with E-state index in [0.29, 0.717) is 34.0 Å². The molecule has 0 bridgehead atoms. The molecule has 1 fully saturated rings. The minimum absolute atomic E-state index is 0.284. The lowest BCUT2D eigenvalue weighted by Crippen LogP contribution is -2.40. The molecule has 2 aromatic carbocycles. The molecule has 2 N–H and O–H groups in total. The van der Waals surface area contributed by atoms with Crippen LogP contribution >= 0.6 is 0 Å². The number of aromatic nitrogens is 1. The average molecular weight is 429 g/mol. The fourth-order valence-electron chi connectivity index (χ4n) is 4.11. The van der Waals surface area contributed by atoms with Gasteiger partial charge in [0.25, 0.3) is 17.6 Å². The van der Waals surface area contributed by atoms with Crippen LogP contribution in [0.25, 0.3) is 0 Å². The fourth-order valence-corrected chi connectivity index (χ4v) is 4.11. The zero-order chi connectivity index (χ0) is 22.0. The summed E-state index contributed by atoms with van der Waals surface area (Å²) in [4.78, 5) is 29.1. The minimum atomic E-state index is -0.552. The summed E-state index contributed by atoms with van der Waals surface area (Å²) in [5.41, 5.74) is 2.01. The number of hydrogen-bond acceptors (Lipinski definition) is 5. The SMILES string of the molecule is O=C(Nc1cccc(C(=O)Nc2ccc3c(c2)OC2(CCCCC2)O3)c1)c1cccnc1. The van der Waals surface area contributed by atoms with Crippen LogP contribution in [0.5, 0.6) is 11.5 Å². The molecule has 7 nitrogen and oxygen atoms in total. The third-order valence-electron chi connectivity index (χ3n) is 5.72. The van der Waals surface area contributed by atoms with Crippen LogP contribution in [0, 0.1) is 0 Å². The van der Waals surface area contributed by atoms with Crippen LogP contribution in [0.1, 0.15) is 52.8 Å². The number of pyridine rings is 1. The monoisotopic (exact) mass is 429 g/mol. The van der Waals surface area contributed by atoms with Gasteiger partial charge in [0.2, 0.25) is 0 Å². The first-order valence-electron chi connectivity index (χ1n) is 10.8. The zero-order valence-corrected chi connectivity index (χ0v) is 17.5. The summed E-state index contributed by atoms with van der Waals surface area (Å²) in [5.74, 6) is 0.244. The van der Waals surface area contributed by atoms with Crippen LogP contribution in [0.15, 0.2) is 67.0 Å². The van der Waals surface area contributed by atoms with Crippen molar-refractivity contribution in [3.05, 3.63) is 78.1 Å². The molecule has 7 heteroatoms. The van der Waals surface area contributed by atoms with E-state index >= 15 is 0 Å². The van der Waals surface area contributed by atoms with Crippen molar-refractivity contribution >= 4 is 23.2 Å². The normalized spacial score (nSPS) is 15.9. The van der Waals surface area contributed by atoms with Gasteiger partial charge in [0, 0.05) is 48.2 Å². The third-order valence-corrected chi connectivity index (χ3v) is 5.72. The maximum Gasteiger partial charge on any atom is 0.257 e. The van der Waals surface area contributed by atoms with E-state index in [1.165, 1.54) is 12.6 Å².